The van der Waals surface area contributed by atoms with Crippen LogP contribution < -0.4 is 0 Å². The summed E-state index contributed by atoms with van der Waals surface area (Å²) in [6.45, 7) is 7.36. The van der Waals surface area contributed by atoms with Crippen molar-refractivity contribution in [2.75, 3.05) is 6.61 Å². The van der Waals surface area contributed by atoms with Gasteiger partial charge in [0.25, 0.3) is 0 Å². The third-order valence-corrected chi connectivity index (χ3v) is 2.63. The molecule has 13 heavy (non-hydrogen) atoms. The van der Waals surface area contributed by atoms with Gasteiger partial charge in [0.15, 0.2) is 0 Å². The van der Waals surface area contributed by atoms with E-state index in [1.807, 2.05) is 20.8 Å². The van der Waals surface area contributed by atoms with Crippen molar-refractivity contribution >= 4 is 0 Å². The van der Waals surface area contributed by atoms with Gasteiger partial charge < -0.3 is 15.3 Å². The van der Waals surface area contributed by atoms with Gasteiger partial charge in [-0.15, -0.1) is 0 Å². The van der Waals surface area contributed by atoms with Gasteiger partial charge in [0.05, 0.1) is 12.2 Å². The predicted molar refractivity (Wildman–Crippen MR) is 52.3 cm³/mol. The van der Waals surface area contributed by atoms with E-state index in [0.717, 1.165) is 0 Å². The lowest BCUT2D eigenvalue weighted by atomic mass is 9.85. The van der Waals surface area contributed by atoms with Crippen LogP contribution in [0.1, 0.15) is 27.7 Å². The van der Waals surface area contributed by atoms with Crippen molar-refractivity contribution in [1.29, 1.82) is 0 Å². The second-order valence-corrected chi connectivity index (χ2v) is 4.24. The molecule has 0 bridgehead atoms. The Kier molecular flexibility index (Phi) is 5.53. The lowest BCUT2D eigenvalue weighted by molar-refractivity contribution is -0.0353. The summed E-state index contributed by atoms with van der Waals surface area (Å²) < 4.78 is 0. The van der Waals surface area contributed by atoms with Crippen LogP contribution in [0.25, 0.3) is 0 Å². The van der Waals surface area contributed by atoms with Crippen LogP contribution in [0.15, 0.2) is 0 Å². The molecule has 0 heterocycles. The maximum absolute atomic E-state index is 9.69. The molecule has 80 valence electrons. The summed E-state index contributed by atoms with van der Waals surface area (Å²) in [5.41, 5.74) is 0. The zero-order valence-electron chi connectivity index (χ0n) is 8.94. The number of hydrogen-bond acceptors (Lipinski definition) is 3. The van der Waals surface area contributed by atoms with Crippen LogP contribution in [-0.2, 0) is 0 Å². The van der Waals surface area contributed by atoms with Gasteiger partial charge in [0.1, 0.15) is 0 Å². The number of hydrogen-bond donors (Lipinski definition) is 3. The summed E-state index contributed by atoms with van der Waals surface area (Å²) in [5.74, 6) is -0.235. The first-order chi connectivity index (χ1) is 5.91. The summed E-state index contributed by atoms with van der Waals surface area (Å²) in [6, 6.07) is 0. The first-order valence-electron chi connectivity index (χ1n) is 4.88. The van der Waals surface area contributed by atoms with E-state index in [4.69, 9.17) is 5.11 Å². The second-order valence-electron chi connectivity index (χ2n) is 4.24. The molecule has 0 saturated carbocycles. The van der Waals surface area contributed by atoms with Gasteiger partial charge in [-0.1, -0.05) is 27.7 Å². The monoisotopic (exact) mass is 190 g/mol. The highest BCUT2D eigenvalue weighted by atomic mass is 16.3. The Morgan fingerprint density at radius 3 is 1.69 bits per heavy atom. The van der Waals surface area contributed by atoms with Crippen molar-refractivity contribution in [2.24, 2.45) is 17.8 Å². The van der Waals surface area contributed by atoms with E-state index in [2.05, 4.69) is 0 Å². The number of aliphatic hydroxyl groups excluding tert-OH is 3. The minimum atomic E-state index is -0.637. The Labute approximate surface area is 80.4 Å². The van der Waals surface area contributed by atoms with Crippen molar-refractivity contribution in [3.63, 3.8) is 0 Å². The molecule has 0 amide bonds. The first kappa shape index (κ1) is 12.9. The van der Waals surface area contributed by atoms with Crippen LogP contribution in [0.5, 0.6) is 0 Å². The van der Waals surface area contributed by atoms with Gasteiger partial charge in [-0.3, -0.25) is 0 Å². The standard InChI is InChI=1S/C10H22O3/c1-6(2)9(12)8(4)10(13)7(3)5-11/h6-13H,5H2,1-4H3. The van der Waals surface area contributed by atoms with E-state index in [9.17, 15) is 10.2 Å². The molecule has 3 N–H and O–H groups in total. The van der Waals surface area contributed by atoms with Gasteiger partial charge in [-0.2, -0.15) is 0 Å². The Bertz CT molecular complexity index is 136. The highest BCUT2D eigenvalue weighted by Gasteiger charge is 2.28. The van der Waals surface area contributed by atoms with Crippen molar-refractivity contribution in [1.82, 2.24) is 0 Å². The van der Waals surface area contributed by atoms with Crippen molar-refractivity contribution in [3.05, 3.63) is 0 Å². The molecular formula is C10H22O3. The highest BCUT2D eigenvalue weighted by Crippen LogP contribution is 2.20. The van der Waals surface area contributed by atoms with Crippen LogP contribution in [0, 0.1) is 17.8 Å². The van der Waals surface area contributed by atoms with E-state index in [1.165, 1.54) is 0 Å². The van der Waals surface area contributed by atoms with Crippen LogP contribution in [0.2, 0.25) is 0 Å². The fraction of sp³-hybridized carbons (Fsp3) is 1.00. The summed E-state index contributed by atoms with van der Waals surface area (Å²) >= 11 is 0. The molecule has 0 spiro atoms. The molecular weight excluding hydrogens is 168 g/mol. The summed E-state index contributed by atoms with van der Waals surface area (Å²) in [6.07, 6.45) is -1.15. The molecule has 3 heteroatoms. The third kappa shape index (κ3) is 3.63. The lowest BCUT2D eigenvalue weighted by Crippen LogP contribution is -2.37. The fourth-order valence-corrected chi connectivity index (χ4v) is 1.44. The molecule has 4 atom stereocenters. The van der Waals surface area contributed by atoms with Crippen molar-refractivity contribution < 1.29 is 15.3 Å². The molecule has 0 aliphatic carbocycles. The van der Waals surface area contributed by atoms with E-state index in [1.54, 1.807) is 6.92 Å². The minimum absolute atomic E-state index is 0.0453. The molecule has 0 fully saturated rings. The van der Waals surface area contributed by atoms with Gasteiger partial charge in [-0.25, -0.2) is 0 Å². The average Bonchev–Trinajstić information content (AvgIpc) is 2.12. The van der Waals surface area contributed by atoms with Crippen LogP contribution in [0.4, 0.5) is 0 Å². The van der Waals surface area contributed by atoms with E-state index in [0.29, 0.717) is 0 Å². The maximum Gasteiger partial charge on any atom is 0.0637 e. The lowest BCUT2D eigenvalue weighted by Gasteiger charge is -2.29. The molecule has 0 aromatic heterocycles. The zero-order chi connectivity index (χ0) is 10.6. The SMILES string of the molecule is CC(C)C(O)C(C)C(O)C(C)CO. The predicted octanol–water partition coefficient (Wildman–Crippen LogP) is 0.629. The first-order valence-corrected chi connectivity index (χ1v) is 4.88. The Balaban J connectivity index is 4.15. The van der Waals surface area contributed by atoms with Crippen LogP contribution in [0.3, 0.4) is 0 Å². The maximum atomic E-state index is 9.69. The Morgan fingerprint density at radius 1 is 0.923 bits per heavy atom. The minimum Gasteiger partial charge on any atom is -0.396 e. The quantitative estimate of drug-likeness (QED) is 0.596. The molecule has 0 aliphatic rings. The van der Waals surface area contributed by atoms with Gasteiger partial charge >= 0.3 is 0 Å². The van der Waals surface area contributed by atoms with Gasteiger partial charge in [-0.05, 0) is 5.92 Å². The molecule has 0 saturated heterocycles. The smallest absolute Gasteiger partial charge is 0.0637 e. The fourth-order valence-electron chi connectivity index (χ4n) is 1.44. The molecule has 0 rings (SSSR count). The summed E-state index contributed by atoms with van der Waals surface area (Å²) in [4.78, 5) is 0. The van der Waals surface area contributed by atoms with Gasteiger partial charge in [0, 0.05) is 18.4 Å². The van der Waals surface area contributed by atoms with Crippen LogP contribution >= 0.6 is 0 Å². The van der Waals surface area contributed by atoms with Crippen LogP contribution in [-0.4, -0.2) is 34.1 Å². The molecule has 0 aliphatic heterocycles. The summed E-state index contributed by atoms with van der Waals surface area (Å²) in [5, 5.41) is 28.2. The Morgan fingerprint density at radius 2 is 1.38 bits per heavy atom. The molecule has 0 aromatic rings. The number of aliphatic hydroxyl groups is 3. The molecule has 0 aromatic carbocycles. The number of rotatable bonds is 5. The van der Waals surface area contributed by atoms with Crippen molar-refractivity contribution in [3.8, 4) is 0 Å². The van der Waals surface area contributed by atoms with E-state index in [-0.39, 0.29) is 24.4 Å². The van der Waals surface area contributed by atoms with E-state index < -0.39 is 12.2 Å². The molecule has 4 unspecified atom stereocenters. The largest absolute Gasteiger partial charge is 0.396 e. The van der Waals surface area contributed by atoms with E-state index >= 15 is 0 Å². The third-order valence-electron chi connectivity index (χ3n) is 2.63. The van der Waals surface area contributed by atoms with Gasteiger partial charge in [0.2, 0.25) is 0 Å². The van der Waals surface area contributed by atoms with Crippen molar-refractivity contribution in [2.45, 2.75) is 39.9 Å². The molecule has 0 radical (unpaired) electrons. The summed E-state index contributed by atoms with van der Waals surface area (Å²) in [7, 11) is 0. The normalized spacial score (nSPS) is 21.2. The average molecular weight is 190 g/mol. The molecule has 3 nitrogen and oxygen atoms in total. The second kappa shape index (κ2) is 5.58. The Hall–Kier alpha value is -0.120. The topological polar surface area (TPSA) is 60.7 Å². The highest BCUT2D eigenvalue weighted by molar-refractivity contribution is 4.77. The zero-order valence-corrected chi connectivity index (χ0v) is 8.94.